The predicted molar refractivity (Wildman–Crippen MR) is 161 cm³/mol. The number of alkyl halides is 2. The third kappa shape index (κ3) is 5.34. The van der Waals surface area contributed by atoms with E-state index in [9.17, 15) is 13.6 Å². The molecule has 0 spiro atoms. The van der Waals surface area contributed by atoms with E-state index in [2.05, 4.69) is 27.6 Å². The molecular formula is C33H27F2N7O. The number of hydrogen-bond acceptors (Lipinski definition) is 5. The predicted octanol–water partition coefficient (Wildman–Crippen LogP) is 6.45. The zero-order chi connectivity index (χ0) is 29.6. The van der Waals surface area contributed by atoms with Gasteiger partial charge in [0, 0.05) is 53.4 Å². The summed E-state index contributed by atoms with van der Waals surface area (Å²) >= 11 is 0. The molecule has 3 aromatic carbocycles. The van der Waals surface area contributed by atoms with E-state index in [4.69, 9.17) is 9.97 Å². The van der Waals surface area contributed by atoms with Gasteiger partial charge in [0.25, 0.3) is 11.8 Å². The lowest BCUT2D eigenvalue weighted by molar-refractivity contribution is -0.113. The van der Waals surface area contributed by atoms with Crippen LogP contribution in [0.15, 0.2) is 97.3 Å². The van der Waals surface area contributed by atoms with Crippen molar-refractivity contribution in [1.29, 1.82) is 0 Å². The second-order valence-electron chi connectivity index (χ2n) is 10.8. The van der Waals surface area contributed by atoms with E-state index in [1.54, 1.807) is 23.9 Å². The molecule has 6 aromatic rings. The van der Waals surface area contributed by atoms with Crippen LogP contribution in [0.5, 0.6) is 0 Å². The minimum absolute atomic E-state index is 0.364. The molecule has 0 bridgehead atoms. The maximum atomic E-state index is 13.4. The first-order valence-electron chi connectivity index (χ1n) is 13.9. The van der Waals surface area contributed by atoms with Gasteiger partial charge >= 0.3 is 0 Å². The number of aromatic nitrogens is 5. The third-order valence-electron chi connectivity index (χ3n) is 7.65. The summed E-state index contributed by atoms with van der Waals surface area (Å²) < 4.78 is 28.5. The van der Waals surface area contributed by atoms with Gasteiger partial charge in [0.2, 0.25) is 0 Å². The number of carbonyl (C=O) groups excluding carboxylic acids is 1. The number of fused-ring (bicyclic) bond motifs is 1. The lowest BCUT2D eigenvalue weighted by Gasteiger charge is -2.38. The fourth-order valence-corrected chi connectivity index (χ4v) is 5.38. The van der Waals surface area contributed by atoms with Crippen LogP contribution in [-0.4, -0.2) is 54.6 Å². The van der Waals surface area contributed by atoms with Gasteiger partial charge in [-0.1, -0.05) is 54.6 Å². The number of hydrogen-bond donors (Lipinski definition) is 2. The summed E-state index contributed by atoms with van der Waals surface area (Å²) in [6.07, 6.45) is 4.25. The Hall–Kier alpha value is -5.38. The molecule has 0 atom stereocenters. The van der Waals surface area contributed by atoms with Gasteiger partial charge in [-0.05, 0) is 35.4 Å². The molecule has 3 aromatic heterocycles. The summed E-state index contributed by atoms with van der Waals surface area (Å²) in [6.45, 7) is -1.11. The van der Waals surface area contributed by atoms with Crippen LogP contribution in [0.1, 0.15) is 21.7 Å². The van der Waals surface area contributed by atoms with Gasteiger partial charge in [0.15, 0.2) is 5.82 Å². The topological polar surface area (TPSA) is 91.7 Å². The van der Waals surface area contributed by atoms with E-state index in [1.165, 1.54) is 4.90 Å². The summed E-state index contributed by atoms with van der Waals surface area (Å²) in [5.74, 6) is -2.04. The number of nitrogens with one attached hydrogen (secondary N) is 2. The molecule has 1 saturated heterocycles. The average molecular weight is 576 g/mol. The van der Waals surface area contributed by atoms with Gasteiger partial charge in [-0.15, -0.1) is 0 Å². The van der Waals surface area contributed by atoms with Crippen LogP contribution in [0, 0.1) is 0 Å². The zero-order valence-electron chi connectivity index (χ0n) is 23.3. The maximum Gasteiger partial charge on any atom is 0.282 e. The Labute approximate surface area is 246 Å². The number of rotatable bonds is 7. The smallest absolute Gasteiger partial charge is 0.282 e. The molecule has 8 nitrogen and oxygen atoms in total. The molecule has 4 heterocycles. The molecule has 0 radical (unpaired) electrons. The number of benzene rings is 3. The van der Waals surface area contributed by atoms with Crippen molar-refractivity contribution < 1.29 is 13.6 Å². The first kappa shape index (κ1) is 26.5. The van der Waals surface area contributed by atoms with E-state index in [-0.39, 0.29) is 0 Å². The number of likely N-dealkylation sites (tertiary alicyclic amines) is 1. The van der Waals surface area contributed by atoms with Crippen molar-refractivity contribution in [3.05, 3.63) is 114 Å². The van der Waals surface area contributed by atoms with E-state index in [0.29, 0.717) is 23.8 Å². The van der Waals surface area contributed by atoms with Crippen LogP contribution >= 0.6 is 0 Å². The SMILES string of the molecule is Cn1c(C(=O)N2CC(F)(F)C2)cc2ccc(-c3nc(Cc4ccccc4)cc(Nc4ccc(-c5cn[nH]c5)cc4)n3)cc21. The fraction of sp³-hybridized carbons (Fsp3) is 0.152. The highest BCUT2D eigenvalue weighted by atomic mass is 19.3. The van der Waals surface area contributed by atoms with E-state index >= 15 is 0 Å². The minimum atomic E-state index is -2.82. The average Bonchev–Trinajstić information content (AvgIpc) is 3.65. The lowest BCUT2D eigenvalue weighted by atomic mass is 10.1. The molecule has 2 N–H and O–H groups in total. The summed E-state index contributed by atoms with van der Waals surface area (Å²) in [4.78, 5) is 23.8. The molecule has 1 aliphatic rings. The highest BCUT2D eigenvalue weighted by Crippen LogP contribution is 2.31. The van der Waals surface area contributed by atoms with Gasteiger partial charge in [-0.25, -0.2) is 18.7 Å². The number of amides is 1. The van der Waals surface area contributed by atoms with Crippen LogP contribution in [0.2, 0.25) is 0 Å². The lowest BCUT2D eigenvalue weighted by Crippen LogP contribution is -2.58. The molecule has 1 aliphatic heterocycles. The molecule has 10 heteroatoms. The molecule has 0 saturated carbocycles. The van der Waals surface area contributed by atoms with Gasteiger partial charge in [0.05, 0.1) is 25.0 Å². The number of nitrogens with zero attached hydrogens (tertiary/aromatic N) is 5. The normalized spacial score (nSPS) is 14.1. The van der Waals surface area contributed by atoms with Crippen molar-refractivity contribution in [2.75, 3.05) is 18.4 Å². The van der Waals surface area contributed by atoms with Crippen LogP contribution in [0.25, 0.3) is 33.4 Å². The van der Waals surface area contributed by atoms with Crippen LogP contribution < -0.4 is 5.32 Å². The van der Waals surface area contributed by atoms with Crippen molar-refractivity contribution in [1.82, 2.24) is 29.6 Å². The monoisotopic (exact) mass is 575 g/mol. The molecule has 43 heavy (non-hydrogen) atoms. The second kappa shape index (κ2) is 10.5. The number of aryl methyl sites for hydroxylation is 1. The Morgan fingerprint density at radius 1 is 0.930 bits per heavy atom. The highest BCUT2D eigenvalue weighted by molar-refractivity contribution is 6.00. The largest absolute Gasteiger partial charge is 0.340 e. The Balaban J connectivity index is 1.22. The Morgan fingerprint density at radius 2 is 1.70 bits per heavy atom. The van der Waals surface area contributed by atoms with Gasteiger partial charge in [-0.3, -0.25) is 9.89 Å². The third-order valence-corrected chi connectivity index (χ3v) is 7.65. The maximum absolute atomic E-state index is 13.4. The Bertz CT molecular complexity index is 1930. The van der Waals surface area contributed by atoms with Crippen molar-refractivity contribution in [3.63, 3.8) is 0 Å². The van der Waals surface area contributed by atoms with Crippen molar-refractivity contribution in [2.24, 2.45) is 7.05 Å². The number of halogens is 2. The summed E-state index contributed by atoms with van der Waals surface area (Å²) in [7, 11) is 1.77. The molecule has 0 unspecified atom stereocenters. The van der Waals surface area contributed by atoms with Crippen molar-refractivity contribution in [3.8, 4) is 22.5 Å². The molecule has 1 amide bonds. The standard InChI is InChI=1S/C33H27F2N7O/c1-41-28-15-24(8-7-23(28)14-29(41)32(43)42-19-33(34,35)20-42)31-39-27(13-21-5-3-2-4-6-21)16-30(40-31)38-26-11-9-22(10-12-26)25-17-36-37-18-25/h2-12,14-18H,13,19-20H2,1H3,(H,36,37)(H,38,39,40). The Morgan fingerprint density at radius 3 is 2.42 bits per heavy atom. The molecule has 214 valence electrons. The summed E-state index contributed by atoms with van der Waals surface area (Å²) in [5, 5.41) is 11.1. The minimum Gasteiger partial charge on any atom is -0.340 e. The number of H-pyrrole nitrogens is 1. The van der Waals surface area contributed by atoms with Crippen molar-refractivity contribution >= 4 is 28.3 Å². The van der Waals surface area contributed by atoms with Crippen LogP contribution in [-0.2, 0) is 13.5 Å². The van der Waals surface area contributed by atoms with E-state index in [0.717, 1.165) is 44.5 Å². The summed E-state index contributed by atoms with van der Waals surface area (Å²) in [5.41, 5.74) is 6.82. The number of aromatic amines is 1. The van der Waals surface area contributed by atoms with Gasteiger partial charge in [-0.2, -0.15) is 5.10 Å². The summed E-state index contributed by atoms with van der Waals surface area (Å²) in [6, 6.07) is 27.6. The molecule has 1 fully saturated rings. The zero-order valence-corrected chi connectivity index (χ0v) is 23.3. The van der Waals surface area contributed by atoms with Crippen molar-refractivity contribution in [2.45, 2.75) is 12.3 Å². The first-order chi connectivity index (χ1) is 20.8. The van der Waals surface area contributed by atoms with Gasteiger partial charge in [0.1, 0.15) is 11.5 Å². The van der Waals surface area contributed by atoms with Crippen LogP contribution in [0.4, 0.5) is 20.3 Å². The van der Waals surface area contributed by atoms with Gasteiger partial charge < -0.3 is 14.8 Å². The molecular weight excluding hydrogens is 548 g/mol. The highest BCUT2D eigenvalue weighted by Gasteiger charge is 2.46. The number of carbonyl (C=O) groups is 1. The van der Waals surface area contributed by atoms with E-state index < -0.39 is 24.9 Å². The molecule has 0 aliphatic carbocycles. The fourth-order valence-electron chi connectivity index (χ4n) is 5.38. The first-order valence-corrected chi connectivity index (χ1v) is 13.9. The van der Waals surface area contributed by atoms with E-state index in [1.807, 2.05) is 72.9 Å². The Kier molecular flexibility index (Phi) is 6.46. The van der Waals surface area contributed by atoms with Crippen LogP contribution in [0.3, 0.4) is 0 Å². The molecule has 7 rings (SSSR count). The second-order valence-corrected chi connectivity index (χ2v) is 10.8. The number of anilines is 2. The quantitative estimate of drug-likeness (QED) is 0.228.